The van der Waals surface area contributed by atoms with E-state index in [1.165, 1.54) is 0 Å². The average molecular weight is 398 g/mol. The first-order chi connectivity index (χ1) is 12.5. The zero-order valence-electron chi connectivity index (χ0n) is 14.3. The van der Waals surface area contributed by atoms with Gasteiger partial charge in [0.1, 0.15) is 6.10 Å². The van der Waals surface area contributed by atoms with Crippen LogP contribution in [0.2, 0.25) is 0 Å². The fourth-order valence-electron chi connectivity index (χ4n) is 3.61. The smallest absolute Gasteiger partial charge is 0.423 e. The highest BCUT2D eigenvalue weighted by atomic mass is 19.3. The number of hydrogen-bond donors (Lipinski definition) is 0. The van der Waals surface area contributed by atoms with Gasteiger partial charge in [-0.1, -0.05) is 6.92 Å². The topological polar surface area (TPSA) is 88.1 Å². The van der Waals surface area contributed by atoms with Crippen LogP contribution in [0.3, 0.4) is 0 Å². The molecule has 27 heavy (non-hydrogen) atoms. The number of ether oxygens (including phenoxy) is 4. The molecule has 0 radical (unpaired) electrons. The molecule has 5 unspecified atom stereocenters. The molecule has 3 fully saturated rings. The van der Waals surface area contributed by atoms with Crippen molar-refractivity contribution < 1.29 is 50.9 Å². The van der Waals surface area contributed by atoms with Gasteiger partial charge in [0.05, 0.1) is 12.5 Å². The lowest BCUT2D eigenvalue weighted by Crippen LogP contribution is -2.49. The van der Waals surface area contributed by atoms with Gasteiger partial charge in [-0.2, -0.15) is 17.6 Å². The number of fused-ring (bicyclic) bond motifs is 2. The molecule has 0 amide bonds. The summed E-state index contributed by atoms with van der Waals surface area (Å²) in [4.78, 5) is 34.7. The highest BCUT2D eigenvalue weighted by Crippen LogP contribution is 2.45. The molecule has 152 valence electrons. The summed E-state index contributed by atoms with van der Waals surface area (Å²) < 4.78 is 72.9. The lowest BCUT2D eigenvalue weighted by molar-refractivity contribution is -0.363. The standard InChI is InChI=1S/C16H18F4O7/c1-7-8-4-9(12(7)26-11(21)5-8)13(22)25-6-15(17,18)16(19,20)27-10-2-3-24-14(10)23/h7-10,12H,2-6H2,1H3. The Labute approximate surface area is 151 Å². The summed E-state index contributed by atoms with van der Waals surface area (Å²) >= 11 is 0. The summed E-state index contributed by atoms with van der Waals surface area (Å²) in [7, 11) is 0. The van der Waals surface area contributed by atoms with E-state index < -0.39 is 54.7 Å². The molecule has 3 rings (SSSR count). The van der Waals surface area contributed by atoms with Crippen LogP contribution in [0.4, 0.5) is 17.6 Å². The van der Waals surface area contributed by atoms with Crippen LogP contribution in [0.1, 0.15) is 26.2 Å². The molecular formula is C16H18F4O7. The maximum atomic E-state index is 13.8. The van der Waals surface area contributed by atoms with E-state index in [2.05, 4.69) is 14.2 Å². The van der Waals surface area contributed by atoms with Crippen molar-refractivity contribution in [1.29, 1.82) is 0 Å². The second kappa shape index (κ2) is 6.92. The lowest BCUT2D eigenvalue weighted by atomic mass is 9.92. The zero-order chi connectivity index (χ0) is 20.0. The second-order valence-corrected chi connectivity index (χ2v) is 7.01. The molecule has 0 N–H and O–H groups in total. The molecule has 0 aromatic carbocycles. The van der Waals surface area contributed by atoms with Crippen molar-refractivity contribution in [2.45, 2.75) is 50.4 Å². The Balaban J connectivity index is 1.58. The molecule has 2 heterocycles. The van der Waals surface area contributed by atoms with Crippen LogP contribution in [0.15, 0.2) is 0 Å². The fraction of sp³-hybridized carbons (Fsp3) is 0.812. The number of hydrogen-bond acceptors (Lipinski definition) is 7. The molecule has 11 heteroatoms. The van der Waals surface area contributed by atoms with Crippen LogP contribution in [-0.4, -0.2) is 55.4 Å². The Morgan fingerprint density at radius 2 is 1.96 bits per heavy atom. The quantitative estimate of drug-likeness (QED) is 0.382. The van der Waals surface area contributed by atoms with E-state index in [1.54, 1.807) is 6.92 Å². The van der Waals surface area contributed by atoms with Gasteiger partial charge in [0.25, 0.3) is 0 Å². The van der Waals surface area contributed by atoms with Crippen molar-refractivity contribution >= 4 is 17.9 Å². The van der Waals surface area contributed by atoms with Gasteiger partial charge in [0.2, 0.25) is 0 Å². The number of esters is 3. The molecule has 2 aliphatic heterocycles. The maximum absolute atomic E-state index is 13.8. The molecule has 1 aliphatic carbocycles. The van der Waals surface area contributed by atoms with Crippen molar-refractivity contribution in [3.05, 3.63) is 0 Å². The van der Waals surface area contributed by atoms with Crippen molar-refractivity contribution in [3.8, 4) is 0 Å². The molecule has 2 saturated heterocycles. The van der Waals surface area contributed by atoms with Gasteiger partial charge in [-0.05, 0) is 18.3 Å². The van der Waals surface area contributed by atoms with Crippen molar-refractivity contribution in [1.82, 2.24) is 0 Å². The van der Waals surface area contributed by atoms with Crippen LogP contribution < -0.4 is 0 Å². The SMILES string of the molecule is CC1C2CC(=O)OC1C(C(=O)OCC(F)(F)C(F)(F)OC1CCOC1=O)C2. The van der Waals surface area contributed by atoms with E-state index in [0.717, 1.165) is 0 Å². The number of carbonyl (C=O) groups is 3. The third kappa shape index (κ3) is 3.74. The minimum Gasteiger partial charge on any atom is -0.464 e. The highest BCUT2D eigenvalue weighted by Gasteiger charge is 2.61. The molecule has 1 saturated carbocycles. The van der Waals surface area contributed by atoms with Crippen LogP contribution >= 0.6 is 0 Å². The summed E-state index contributed by atoms with van der Waals surface area (Å²) in [5, 5.41) is 0. The molecule has 3 aliphatic rings. The van der Waals surface area contributed by atoms with Gasteiger partial charge in [-0.3, -0.25) is 9.59 Å². The second-order valence-electron chi connectivity index (χ2n) is 7.01. The summed E-state index contributed by atoms with van der Waals surface area (Å²) in [5.41, 5.74) is 0. The number of carbonyl (C=O) groups excluding carboxylic acids is 3. The van der Waals surface area contributed by atoms with Crippen molar-refractivity contribution in [3.63, 3.8) is 0 Å². The number of cyclic esters (lactones) is 1. The van der Waals surface area contributed by atoms with Crippen molar-refractivity contribution in [2.75, 3.05) is 13.2 Å². The Hall–Kier alpha value is -1.91. The van der Waals surface area contributed by atoms with Crippen LogP contribution in [0.25, 0.3) is 0 Å². The monoisotopic (exact) mass is 398 g/mol. The van der Waals surface area contributed by atoms with E-state index in [-0.39, 0.29) is 37.7 Å². The molecular weight excluding hydrogens is 380 g/mol. The zero-order valence-corrected chi connectivity index (χ0v) is 14.3. The highest BCUT2D eigenvalue weighted by molar-refractivity contribution is 5.77. The third-order valence-corrected chi connectivity index (χ3v) is 5.21. The van der Waals surface area contributed by atoms with E-state index in [4.69, 9.17) is 4.74 Å². The van der Waals surface area contributed by atoms with Crippen LogP contribution in [-0.2, 0) is 33.3 Å². The summed E-state index contributed by atoms with van der Waals surface area (Å²) in [6.07, 6.45) is -7.63. The van der Waals surface area contributed by atoms with Gasteiger partial charge < -0.3 is 18.9 Å². The van der Waals surface area contributed by atoms with Gasteiger partial charge >= 0.3 is 29.9 Å². The summed E-state index contributed by atoms with van der Waals surface area (Å²) in [6, 6.07) is 0. The maximum Gasteiger partial charge on any atom is 0.423 e. The predicted molar refractivity (Wildman–Crippen MR) is 76.6 cm³/mol. The Kier molecular flexibility index (Phi) is 5.08. The van der Waals surface area contributed by atoms with Gasteiger partial charge in [0.15, 0.2) is 12.7 Å². The first kappa shape index (κ1) is 19.8. The Morgan fingerprint density at radius 1 is 1.26 bits per heavy atom. The van der Waals surface area contributed by atoms with E-state index in [9.17, 15) is 31.9 Å². The van der Waals surface area contributed by atoms with E-state index >= 15 is 0 Å². The van der Waals surface area contributed by atoms with Gasteiger partial charge in [-0.25, -0.2) is 4.79 Å². The first-order valence-electron chi connectivity index (χ1n) is 8.48. The van der Waals surface area contributed by atoms with E-state index in [0.29, 0.717) is 0 Å². The average Bonchev–Trinajstić information content (AvgIpc) is 3.03. The van der Waals surface area contributed by atoms with Gasteiger partial charge in [-0.15, -0.1) is 0 Å². The Bertz CT molecular complexity index is 638. The molecule has 0 spiro atoms. The molecule has 7 nitrogen and oxygen atoms in total. The lowest BCUT2D eigenvalue weighted by Gasteiger charge is -2.29. The first-order valence-corrected chi connectivity index (χ1v) is 8.48. The normalized spacial score (nSPS) is 33.6. The third-order valence-electron chi connectivity index (χ3n) is 5.21. The molecule has 0 aromatic heterocycles. The fourth-order valence-corrected chi connectivity index (χ4v) is 3.61. The molecule has 5 atom stereocenters. The van der Waals surface area contributed by atoms with Crippen molar-refractivity contribution in [2.24, 2.45) is 17.8 Å². The summed E-state index contributed by atoms with van der Waals surface area (Å²) in [6.45, 7) is -0.385. The van der Waals surface area contributed by atoms with Gasteiger partial charge in [0, 0.05) is 12.8 Å². The molecule has 2 bridgehead atoms. The van der Waals surface area contributed by atoms with E-state index in [1.807, 2.05) is 0 Å². The minimum atomic E-state index is -5.04. The van der Waals surface area contributed by atoms with Crippen LogP contribution in [0, 0.1) is 17.8 Å². The molecule has 0 aromatic rings. The summed E-state index contributed by atoms with van der Waals surface area (Å²) in [5.74, 6) is -8.93. The largest absolute Gasteiger partial charge is 0.464 e. The number of rotatable bonds is 6. The minimum absolute atomic E-state index is 0.112. The van der Waals surface area contributed by atoms with Crippen LogP contribution in [0.5, 0.6) is 0 Å². The number of halogens is 4. The predicted octanol–water partition coefficient (Wildman–Crippen LogP) is 1.68. The Morgan fingerprint density at radius 3 is 2.59 bits per heavy atom. The number of alkyl halides is 4.